The van der Waals surface area contributed by atoms with E-state index in [1.165, 1.54) is 6.20 Å². The van der Waals surface area contributed by atoms with Gasteiger partial charge in [-0.15, -0.1) is 0 Å². The molecule has 0 radical (unpaired) electrons. The summed E-state index contributed by atoms with van der Waals surface area (Å²) in [5.74, 6) is -0.117. The molecule has 0 aromatic rings. The second-order valence-electron chi connectivity index (χ2n) is 8.55. The van der Waals surface area contributed by atoms with Crippen LogP contribution in [0.1, 0.15) is 67.7 Å². The number of carbonyl (C=O) groups is 1. The summed E-state index contributed by atoms with van der Waals surface area (Å²) in [6, 6.07) is 0. The van der Waals surface area contributed by atoms with Gasteiger partial charge in [-0.2, -0.15) is 0 Å². The molecule has 0 aliphatic carbocycles. The number of nitrogens with two attached hydrogens (primary N) is 1. The van der Waals surface area contributed by atoms with E-state index in [0.29, 0.717) is 6.42 Å². The van der Waals surface area contributed by atoms with Crippen LogP contribution in [0.25, 0.3) is 0 Å². The zero-order valence-electron chi connectivity index (χ0n) is 16.3. The molecule has 1 fully saturated rings. The molecule has 0 bridgehead atoms. The monoisotopic (exact) mass is 339 g/mol. The Bertz CT molecular complexity index is 438. The van der Waals surface area contributed by atoms with Crippen LogP contribution in [0.3, 0.4) is 0 Å². The molecule has 0 aromatic carbocycles. The first kappa shape index (κ1) is 21.0. The molecule has 1 heterocycles. The van der Waals surface area contributed by atoms with Crippen molar-refractivity contribution in [2.24, 2.45) is 11.7 Å². The molecule has 6 heteroatoms. The first-order valence-electron chi connectivity index (χ1n) is 8.82. The Hall–Kier alpha value is -1.01. The molecular formula is C18H34BNO4. The minimum absolute atomic E-state index is 0.0762. The van der Waals surface area contributed by atoms with Gasteiger partial charge in [-0.1, -0.05) is 12.5 Å². The third-order valence-corrected chi connectivity index (χ3v) is 4.55. The lowest BCUT2D eigenvalue weighted by molar-refractivity contribution is -0.155. The topological polar surface area (TPSA) is 70.8 Å². The predicted molar refractivity (Wildman–Crippen MR) is 97.4 cm³/mol. The molecule has 0 spiro atoms. The third kappa shape index (κ3) is 6.48. The van der Waals surface area contributed by atoms with Gasteiger partial charge < -0.3 is 19.8 Å². The van der Waals surface area contributed by atoms with Gasteiger partial charge >= 0.3 is 13.1 Å². The molecule has 1 saturated heterocycles. The van der Waals surface area contributed by atoms with Gasteiger partial charge in [-0.25, -0.2) is 0 Å². The highest BCUT2D eigenvalue weighted by Gasteiger charge is 2.50. The van der Waals surface area contributed by atoms with E-state index in [2.05, 4.69) is 27.7 Å². The quantitative estimate of drug-likeness (QED) is 0.566. The Morgan fingerprint density at radius 1 is 1.21 bits per heavy atom. The number of hydrogen-bond acceptors (Lipinski definition) is 5. The summed E-state index contributed by atoms with van der Waals surface area (Å²) in [5, 5.41) is 0. The maximum Gasteiger partial charge on any atom is 0.457 e. The molecule has 0 aromatic heterocycles. The van der Waals surface area contributed by atoms with Crippen LogP contribution in [-0.2, 0) is 18.8 Å². The fourth-order valence-electron chi connectivity index (χ4n) is 2.65. The van der Waals surface area contributed by atoms with Crippen molar-refractivity contribution in [1.29, 1.82) is 0 Å². The average molecular weight is 339 g/mol. The Morgan fingerprint density at radius 3 is 2.21 bits per heavy atom. The first-order chi connectivity index (χ1) is 10.9. The first-order valence-corrected chi connectivity index (χ1v) is 8.82. The van der Waals surface area contributed by atoms with Crippen LogP contribution in [0.15, 0.2) is 12.3 Å². The minimum atomic E-state index is -0.462. The Balaban J connectivity index is 2.44. The normalized spacial score (nSPS) is 21.2. The van der Waals surface area contributed by atoms with Crippen LogP contribution in [0.5, 0.6) is 0 Å². The van der Waals surface area contributed by atoms with Crippen molar-refractivity contribution in [3.8, 4) is 0 Å². The van der Waals surface area contributed by atoms with Crippen molar-refractivity contribution in [3.63, 3.8) is 0 Å². The average Bonchev–Trinajstić information content (AvgIpc) is 2.55. The summed E-state index contributed by atoms with van der Waals surface area (Å²) in [6.45, 7) is 13.8. The predicted octanol–water partition coefficient (Wildman–Crippen LogP) is 3.68. The van der Waals surface area contributed by atoms with E-state index in [1.54, 1.807) is 0 Å². The fraction of sp³-hybridized carbons (Fsp3) is 0.833. The van der Waals surface area contributed by atoms with Gasteiger partial charge in [0.25, 0.3) is 0 Å². The molecule has 24 heavy (non-hydrogen) atoms. The van der Waals surface area contributed by atoms with E-state index in [9.17, 15) is 4.79 Å². The number of carbonyl (C=O) groups excluding carboxylic acids is 1. The van der Waals surface area contributed by atoms with Gasteiger partial charge in [-0.3, -0.25) is 4.79 Å². The van der Waals surface area contributed by atoms with E-state index < -0.39 is 5.60 Å². The fourth-order valence-corrected chi connectivity index (χ4v) is 2.65. The van der Waals surface area contributed by atoms with Gasteiger partial charge in [0.1, 0.15) is 5.60 Å². The molecular weight excluding hydrogens is 305 g/mol. The van der Waals surface area contributed by atoms with Crippen LogP contribution in [0.2, 0.25) is 6.32 Å². The van der Waals surface area contributed by atoms with E-state index in [4.69, 9.17) is 19.8 Å². The van der Waals surface area contributed by atoms with Gasteiger partial charge in [0.05, 0.1) is 17.6 Å². The molecule has 0 amide bonds. The van der Waals surface area contributed by atoms with Crippen LogP contribution in [0.4, 0.5) is 0 Å². The second kappa shape index (κ2) is 7.92. The number of ether oxygens (including phenoxy) is 1. The van der Waals surface area contributed by atoms with Gasteiger partial charge in [0.2, 0.25) is 0 Å². The number of rotatable bonds is 7. The number of esters is 1. The molecule has 2 N–H and O–H groups in total. The lowest BCUT2D eigenvalue weighted by Crippen LogP contribution is -2.41. The van der Waals surface area contributed by atoms with Crippen molar-refractivity contribution in [2.45, 2.75) is 90.9 Å². The van der Waals surface area contributed by atoms with E-state index >= 15 is 0 Å². The van der Waals surface area contributed by atoms with Crippen molar-refractivity contribution in [3.05, 3.63) is 12.3 Å². The maximum atomic E-state index is 12.0. The summed E-state index contributed by atoms with van der Waals surface area (Å²) < 4.78 is 17.4. The zero-order chi connectivity index (χ0) is 18.6. The second-order valence-corrected chi connectivity index (χ2v) is 8.55. The van der Waals surface area contributed by atoms with Crippen LogP contribution in [-0.4, -0.2) is 29.9 Å². The van der Waals surface area contributed by atoms with Crippen molar-refractivity contribution < 1.29 is 18.8 Å². The molecule has 1 rings (SSSR count). The highest BCUT2D eigenvalue weighted by molar-refractivity contribution is 6.45. The molecule has 1 aliphatic rings. The molecule has 0 saturated carbocycles. The number of allylic oxidation sites excluding steroid dienone is 1. The van der Waals surface area contributed by atoms with Gasteiger partial charge in [0.15, 0.2) is 0 Å². The molecule has 0 unspecified atom stereocenters. The molecule has 1 aliphatic heterocycles. The van der Waals surface area contributed by atoms with Crippen LogP contribution < -0.4 is 5.73 Å². The summed E-state index contributed by atoms with van der Waals surface area (Å²) in [4.78, 5) is 12.0. The summed E-state index contributed by atoms with van der Waals surface area (Å²) in [5.41, 5.74) is 4.45. The van der Waals surface area contributed by atoms with Crippen molar-refractivity contribution >= 4 is 13.1 Å². The summed E-state index contributed by atoms with van der Waals surface area (Å²) in [6.07, 6.45) is 6.26. The van der Waals surface area contributed by atoms with Crippen molar-refractivity contribution in [1.82, 2.24) is 0 Å². The lowest BCUT2D eigenvalue weighted by Gasteiger charge is -2.32. The summed E-state index contributed by atoms with van der Waals surface area (Å²) >= 11 is 0. The molecule has 1 atom stereocenters. The Morgan fingerprint density at radius 2 is 1.75 bits per heavy atom. The molecule has 138 valence electrons. The van der Waals surface area contributed by atoms with Crippen LogP contribution in [0, 0.1) is 5.92 Å². The third-order valence-electron chi connectivity index (χ3n) is 4.55. The largest absolute Gasteiger partial charge is 0.460 e. The van der Waals surface area contributed by atoms with Crippen molar-refractivity contribution in [2.75, 3.05) is 0 Å². The Kier molecular flexibility index (Phi) is 6.94. The maximum absolute atomic E-state index is 12.0. The zero-order valence-corrected chi connectivity index (χ0v) is 16.3. The standard InChI is InChI=1S/C18H34BNO4/c1-16(2,3)22-15(21)13-14(10-12-20)9-8-11-19-23-17(4,5)18(6,7)24-19/h10,12,14H,8-9,11,13,20H2,1-7H3/b12-10+/t14-/m0/s1. The van der Waals surface area contributed by atoms with E-state index in [1.807, 2.05) is 26.8 Å². The van der Waals surface area contributed by atoms with Crippen LogP contribution >= 0.6 is 0 Å². The highest BCUT2D eigenvalue weighted by atomic mass is 16.7. The van der Waals surface area contributed by atoms with E-state index in [0.717, 1.165) is 19.2 Å². The van der Waals surface area contributed by atoms with Gasteiger partial charge in [-0.05, 0) is 73.3 Å². The minimum Gasteiger partial charge on any atom is -0.460 e. The summed E-state index contributed by atoms with van der Waals surface area (Å²) in [7, 11) is -0.195. The van der Waals surface area contributed by atoms with E-state index in [-0.39, 0.29) is 30.2 Å². The van der Waals surface area contributed by atoms with Gasteiger partial charge in [0, 0.05) is 0 Å². The number of hydrogen-bond donors (Lipinski definition) is 1. The lowest BCUT2D eigenvalue weighted by atomic mass is 9.80. The Labute approximate surface area is 147 Å². The SMILES string of the molecule is CC(C)(C)OC(=O)C[C@H](/C=C/N)CCCB1OC(C)(C)C(C)(C)O1. The molecule has 5 nitrogen and oxygen atoms in total. The smallest absolute Gasteiger partial charge is 0.457 e. The highest BCUT2D eigenvalue weighted by Crippen LogP contribution is 2.38.